The zero-order valence-electron chi connectivity index (χ0n) is 13.0. The van der Waals surface area contributed by atoms with Crippen molar-refractivity contribution in [3.8, 4) is 5.75 Å². The summed E-state index contributed by atoms with van der Waals surface area (Å²) in [4.78, 5) is 0. The molecule has 1 saturated carbocycles. The summed E-state index contributed by atoms with van der Waals surface area (Å²) in [6.07, 6.45) is 3.51. The Morgan fingerprint density at radius 3 is 2.62 bits per heavy atom. The van der Waals surface area contributed by atoms with Crippen LogP contribution in [0.25, 0.3) is 10.8 Å². The molecule has 2 nitrogen and oxygen atoms in total. The molecule has 3 rings (SSSR count). The van der Waals surface area contributed by atoms with Crippen molar-refractivity contribution < 1.29 is 4.74 Å². The van der Waals surface area contributed by atoms with Crippen LogP contribution in [0.5, 0.6) is 5.75 Å². The predicted octanol–water partition coefficient (Wildman–Crippen LogP) is 4.37. The second-order valence-corrected chi connectivity index (χ2v) is 6.61. The summed E-state index contributed by atoms with van der Waals surface area (Å²) in [5, 5.41) is 2.40. The number of hydrogen-bond acceptors (Lipinski definition) is 2. The summed E-state index contributed by atoms with van der Waals surface area (Å²) in [5.74, 6) is 2.40. The molecule has 0 spiro atoms. The molecule has 3 atom stereocenters. The lowest BCUT2D eigenvalue weighted by atomic mass is 9.78. The summed E-state index contributed by atoms with van der Waals surface area (Å²) in [5.41, 5.74) is 6.31. The number of hydrogen-bond donors (Lipinski definition) is 1. The van der Waals surface area contributed by atoms with Gasteiger partial charge in [0, 0.05) is 11.4 Å². The van der Waals surface area contributed by atoms with Crippen LogP contribution in [0.1, 0.15) is 33.1 Å². The molecule has 2 aromatic carbocycles. The van der Waals surface area contributed by atoms with Crippen molar-refractivity contribution in [3.63, 3.8) is 0 Å². The molecule has 1 fully saturated rings. The summed E-state index contributed by atoms with van der Waals surface area (Å²) >= 11 is 0. The molecule has 2 N–H and O–H groups in total. The Hall–Kier alpha value is -1.54. The maximum Gasteiger partial charge on any atom is 0.127 e. The van der Waals surface area contributed by atoms with Crippen LogP contribution in [-0.4, -0.2) is 12.1 Å². The van der Waals surface area contributed by atoms with Gasteiger partial charge in [-0.1, -0.05) is 50.2 Å². The Labute approximate surface area is 127 Å². The van der Waals surface area contributed by atoms with Gasteiger partial charge in [-0.05, 0) is 42.6 Å². The van der Waals surface area contributed by atoms with E-state index in [1.54, 1.807) is 0 Å². The lowest BCUT2D eigenvalue weighted by molar-refractivity contribution is 0.0881. The van der Waals surface area contributed by atoms with E-state index in [0.29, 0.717) is 5.92 Å². The molecule has 0 heterocycles. The summed E-state index contributed by atoms with van der Waals surface area (Å²) < 4.78 is 6.34. The van der Waals surface area contributed by atoms with Gasteiger partial charge in [-0.25, -0.2) is 0 Å². The van der Waals surface area contributed by atoms with Crippen molar-refractivity contribution in [2.45, 2.75) is 45.3 Å². The third kappa shape index (κ3) is 3.06. The fourth-order valence-corrected chi connectivity index (χ4v) is 3.39. The zero-order chi connectivity index (χ0) is 14.8. The van der Waals surface area contributed by atoms with Crippen LogP contribution in [0.2, 0.25) is 0 Å². The fourth-order valence-electron chi connectivity index (χ4n) is 3.39. The first-order chi connectivity index (χ1) is 10.1. The van der Waals surface area contributed by atoms with Crippen LogP contribution >= 0.6 is 0 Å². The minimum Gasteiger partial charge on any atom is -0.488 e. The standard InChI is InChI=1S/C19H25NO/c1-13(2)15-10-11-17(20)19(12-15)21-18-9-5-7-14-6-3-4-8-16(14)18/h3-9,13,15,17,19H,10-12,20H2,1-2H3. The van der Waals surface area contributed by atoms with Crippen LogP contribution in [0.4, 0.5) is 0 Å². The van der Waals surface area contributed by atoms with Crippen molar-refractivity contribution in [2.24, 2.45) is 17.6 Å². The molecule has 112 valence electrons. The Bertz CT molecular complexity index is 602. The van der Waals surface area contributed by atoms with Gasteiger partial charge in [0.05, 0.1) is 0 Å². The molecule has 1 aliphatic rings. The van der Waals surface area contributed by atoms with Gasteiger partial charge in [0.1, 0.15) is 11.9 Å². The molecule has 0 radical (unpaired) electrons. The third-order valence-electron chi connectivity index (χ3n) is 4.85. The molecule has 0 aromatic heterocycles. The van der Waals surface area contributed by atoms with Crippen LogP contribution in [0.15, 0.2) is 42.5 Å². The smallest absolute Gasteiger partial charge is 0.127 e. The van der Waals surface area contributed by atoms with Crippen LogP contribution in [0, 0.1) is 11.8 Å². The summed E-state index contributed by atoms with van der Waals surface area (Å²) in [7, 11) is 0. The van der Waals surface area contributed by atoms with Gasteiger partial charge in [0.15, 0.2) is 0 Å². The molecule has 0 saturated heterocycles. The molecular weight excluding hydrogens is 258 g/mol. The Kier molecular flexibility index (Phi) is 4.16. The number of fused-ring (bicyclic) bond motifs is 1. The molecule has 21 heavy (non-hydrogen) atoms. The molecule has 3 unspecified atom stereocenters. The quantitative estimate of drug-likeness (QED) is 0.907. The van der Waals surface area contributed by atoms with Crippen molar-refractivity contribution in [2.75, 3.05) is 0 Å². The van der Waals surface area contributed by atoms with Crippen LogP contribution in [-0.2, 0) is 0 Å². The van der Waals surface area contributed by atoms with E-state index in [1.807, 2.05) is 0 Å². The lowest BCUT2D eigenvalue weighted by Crippen LogP contribution is -2.44. The zero-order valence-corrected chi connectivity index (χ0v) is 13.0. The van der Waals surface area contributed by atoms with Crippen LogP contribution < -0.4 is 10.5 Å². The number of benzene rings is 2. The van der Waals surface area contributed by atoms with E-state index in [1.165, 1.54) is 17.2 Å². The maximum absolute atomic E-state index is 6.34. The monoisotopic (exact) mass is 283 g/mol. The van der Waals surface area contributed by atoms with Gasteiger partial charge < -0.3 is 10.5 Å². The Morgan fingerprint density at radius 1 is 1.05 bits per heavy atom. The van der Waals surface area contributed by atoms with E-state index >= 15 is 0 Å². The van der Waals surface area contributed by atoms with Crippen molar-refractivity contribution in [3.05, 3.63) is 42.5 Å². The van der Waals surface area contributed by atoms with Crippen molar-refractivity contribution in [1.82, 2.24) is 0 Å². The predicted molar refractivity (Wildman–Crippen MR) is 88.5 cm³/mol. The average molecular weight is 283 g/mol. The fraction of sp³-hybridized carbons (Fsp3) is 0.474. The Balaban J connectivity index is 1.83. The average Bonchev–Trinajstić information content (AvgIpc) is 2.49. The third-order valence-corrected chi connectivity index (χ3v) is 4.85. The second-order valence-electron chi connectivity index (χ2n) is 6.61. The normalized spacial score (nSPS) is 26.2. The van der Waals surface area contributed by atoms with Gasteiger partial charge in [-0.15, -0.1) is 0 Å². The van der Waals surface area contributed by atoms with Gasteiger partial charge >= 0.3 is 0 Å². The highest BCUT2D eigenvalue weighted by Gasteiger charge is 2.31. The molecule has 2 aromatic rings. The first-order valence-corrected chi connectivity index (χ1v) is 8.05. The summed E-state index contributed by atoms with van der Waals surface area (Å²) in [6.45, 7) is 4.60. The number of rotatable bonds is 3. The van der Waals surface area contributed by atoms with E-state index in [-0.39, 0.29) is 12.1 Å². The second kappa shape index (κ2) is 6.07. The van der Waals surface area contributed by atoms with E-state index in [2.05, 4.69) is 56.3 Å². The molecule has 2 heteroatoms. The number of ether oxygens (including phenoxy) is 1. The van der Waals surface area contributed by atoms with Crippen LogP contribution in [0.3, 0.4) is 0 Å². The van der Waals surface area contributed by atoms with E-state index in [4.69, 9.17) is 10.5 Å². The van der Waals surface area contributed by atoms with Gasteiger partial charge in [0.25, 0.3) is 0 Å². The first-order valence-electron chi connectivity index (χ1n) is 8.05. The highest BCUT2D eigenvalue weighted by molar-refractivity contribution is 5.88. The highest BCUT2D eigenvalue weighted by Crippen LogP contribution is 2.34. The molecule has 0 amide bonds. The maximum atomic E-state index is 6.34. The molecular formula is C19H25NO. The van der Waals surface area contributed by atoms with E-state index in [9.17, 15) is 0 Å². The minimum atomic E-state index is 0.136. The van der Waals surface area contributed by atoms with E-state index < -0.39 is 0 Å². The SMILES string of the molecule is CC(C)C1CCC(N)C(Oc2cccc3ccccc23)C1. The van der Waals surface area contributed by atoms with Gasteiger partial charge in [-0.3, -0.25) is 0 Å². The van der Waals surface area contributed by atoms with Gasteiger partial charge in [-0.2, -0.15) is 0 Å². The topological polar surface area (TPSA) is 35.2 Å². The molecule has 1 aliphatic carbocycles. The first kappa shape index (κ1) is 14.4. The largest absolute Gasteiger partial charge is 0.488 e. The lowest BCUT2D eigenvalue weighted by Gasteiger charge is -2.36. The Morgan fingerprint density at radius 2 is 1.81 bits per heavy atom. The minimum absolute atomic E-state index is 0.136. The van der Waals surface area contributed by atoms with Gasteiger partial charge in [0.2, 0.25) is 0 Å². The molecule has 0 aliphatic heterocycles. The summed E-state index contributed by atoms with van der Waals surface area (Å²) in [6, 6.07) is 14.8. The highest BCUT2D eigenvalue weighted by atomic mass is 16.5. The molecule has 0 bridgehead atoms. The van der Waals surface area contributed by atoms with Crippen molar-refractivity contribution in [1.29, 1.82) is 0 Å². The number of nitrogens with two attached hydrogens (primary N) is 1. The van der Waals surface area contributed by atoms with Crippen molar-refractivity contribution >= 4 is 10.8 Å². The van der Waals surface area contributed by atoms with E-state index in [0.717, 1.165) is 24.5 Å².